The SMILES string of the molecule is CC.Clc1cccc(C2(c3ccccc3)C/C=C\C=C/CN(c3cccc4ccccc34)c3ccccc32)c1. The molecule has 1 unspecified atom stereocenters. The second-order valence-corrected chi connectivity index (χ2v) is 9.90. The summed E-state index contributed by atoms with van der Waals surface area (Å²) in [5.74, 6) is 0. The molecular weight excluding hydrogens is 494 g/mol. The summed E-state index contributed by atoms with van der Waals surface area (Å²) in [6.07, 6.45) is 9.68. The number of allylic oxidation sites excluding steroid dienone is 3. The van der Waals surface area contributed by atoms with Crippen LogP contribution in [-0.4, -0.2) is 6.54 Å². The highest BCUT2D eigenvalue weighted by molar-refractivity contribution is 6.30. The molecule has 6 rings (SSSR count). The Hall–Kier alpha value is -4.07. The number of benzene rings is 5. The van der Waals surface area contributed by atoms with Gasteiger partial charge in [-0.3, -0.25) is 0 Å². The van der Waals surface area contributed by atoms with Crippen molar-refractivity contribution in [2.45, 2.75) is 25.7 Å². The second-order valence-electron chi connectivity index (χ2n) is 9.47. The maximum atomic E-state index is 6.62. The Morgan fingerprint density at radius 2 is 1.26 bits per heavy atom. The van der Waals surface area contributed by atoms with Crippen LogP contribution in [0.25, 0.3) is 10.8 Å². The van der Waals surface area contributed by atoms with Crippen LogP contribution < -0.4 is 4.90 Å². The summed E-state index contributed by atoms with van der Waals surface area (Å²) in [6, 6.07) is 43.3. The minimum atomic E-state index is -0.423. The minimum absolute atomic E-state index is 0.423. The summed E-state index contributed by atoms with van der Waals surface area (Å²) in [4.78, 5) is 2.45. The van der Waals surface area contributed by atoms with E-state index in [1.54, 1.807) is 0 Å². The summed E-state index contributed by atoms with van der Waals surface area (Å²) in [5, 5.41) is 3.23. The fourth-order valence-electron chi connectivity index (χ4n) is 5.71. The Morgan fingerprint density at radius 3 is 2.10 bits per heavy atom. The zero-order valence-electron chi connectivity index (χ0n) is 22.6. The molecule has 0 aromatic heterocycles. The average molecular weight is 528 g/mol. The number of anilines is 2. The van der Waals surface area contributed by atoms with Gasteiger partial charge in [-0.15, -0.1) is 0 Å². The summed E-state index contributed by atoms with van der Waals surface area (Å²) < 4.78 is 0. The normalized spacial score (nSPS) is 18.4. The van der Waals surface area contributed by atoms with Crippen molar-refractivity contribution < 1.29 is 0 Å². The fraction of sp³-hybridized carbons (Fsp3) is 0.135. The second kappa shape index (κ2) is 12.2. The van der Waals surface area contributed by atoms with Crippen molar-refractivity contribution in [2.24, 2.45) is 0 Å². The van der Waals surface area contributed by atoms with Gasteiger partial charge in [0.15, 0.2) is 0 Å². The third kappa shape index (κ3) is 5.15. The zero-order valence-corrected chi connectivity index (χ0v) is 23.4. The molecule has 1 aliphatic heterocycles. The number of halogens is 1. The first-order chi connectivity index (χ1) is 19.3. The standard InChI is InChI=1S/C35H28ClN.C2H6/c36-30-19-13-18-29(26-30)35(28-16-4-3-5-17-28)24-10-1-2-11-25-37(34-22-9-8-21-32(34)35)33-23-12-15-27-14-6-7-20-31(27)33;1-2/h1-23,26H,24-25H2;1-2H3/b10-1-,11-2-;. The summed E-state index contributed by atoms with van der Waals surface area (Å²) in [7, 11) is 0. The highest BCUT2D eigenvalue weighted by Gasteiger charge is 2.38. The van der Waals surface area contributed by atoms with E-state index in [9.17, 15) is 0 Å². The quantitative estimate of drug-likeness (QED) is 0.225. The number of fused-ring (bicyclic) bond motifs is 2. The van der Waals surface area contributed by atoms with Gasteiger partial charge in [0.25, 0.3) is 0 Å². The smallest absolute Gasteiger partial charge is 0.0506 e. The van der Waals surface area contributed by atoms with Gasteiger partial charge in [0.05, 0.1) is 5.41 Å². The summed E-state index contributed by atoms with van der Waals surface area (Å²) >= 11 is 6.62. The van der Waals surface area contributed by atoms with E-state index in [1.165, 1.54) is 38.8 Å². The molecule has 2 heteroatoms. The number of hydrogen-bond donors (Lipinski definition) is 0. The molecule has 1 atom stereocenters. The Kier molecular flexibility index (Phi) is 8.30. The summed E-state index contributed by atoms with van der Waals surface area (Å²) in [5.41, 5.74) is 5.67. The fourth-order valence-corrected chi connectivity index (χ4v) is 5.90. The van der Waals surface area contributed by atoms with Crippen molar-refractivity contribution in [2.75, 3.05) is 11.4 Å². The Bertz CT molecular complexity index is 1600. The van der Waals surface area contributed by atoms with Crippen molar-refractivity contribution >= 4 is 33.7 Å². The molecule has 0 saturated carbocycles. The molecule has 1 aliphatic rings. The first-order valence-corrected chi connectivity index (χ1v) is 14.1. The molecule has 0 amide bonds. The van der Waals surface area contributed by atoms with Gasteiger partial charge >= 0.3 is 0 Å². The molecule has 1 nitrogen and oxygen atoms in total. The van der Waals surface area contributed by atoms with Gasteiger partial charge in [-0.2, -0.15) is 0 Å². The molecule has 194 valence electrons. The molecule has 0 fully saturated rings. The van der Waals surface area contributed by atoms with Crippen LogP contribution in [0.15, 0.2) is 146 Å². The van der Waals surface area contributed by atoms with Gasteiger partial charge in [-0.25, -0.2) is 0 Å². The third-order valence-electron chi connectivity index (χ3n) is 7.39. The monoisotopic (exact) mass is 527 g/mol. The lowest BCUT2D eigenvalue weighted by atomic mass is 9.66. The predicted molar refractivity (Wildman–Crippen MR) is 169 cm³/mol. The lowest BCUT2D eigenvalue weighted by Gasteiger charge is -2.39. The van der Waals surface area contributed by atoms with Crippen LogP contribution in [0, 0.1) is 0 Å². The molecule has 0 spiro atoms. The van der Waals surface area contributed by atoms with Gasteiger partial charge in [0, 0.05) is 28.3 Å². The van der Waals surface area contributed by atoms with E-state index in [4.69, 9.17) is 11.6 Å². The highest BCUT2D eigenvalue weighted by atomic mass is 35.5. The van der Waals surface area contributed by atoms with E-state index >= 15 is 0 Å². The molecule has 0 bridgehead atoms. The third-order valence-corrected chi connectivity index (χ3v) is 7.63. The molecule has 39 heavy (non-hydrogen) atoms. The number of para-hydroxylation sites is 1. The number of hydrogen-bond acceptors (Lipinski definition) is 1. The zero-order chi connectivity index (χ0) is 27.1. The molecule has 0 radical (unpaired) electrons. The van der Waals surface area contributed by atoms with E-state index in [-0.39, 0.29) is 0 Å². The van der Waals surface area contributed by atoms with Crippen molar-refractivity contribution in [1.82, 2.24) is 0 Å². The minimum Gasteiger partial charge on any atom is -0.337 e. The van der Waals surface area contributed by atoms with Gasteiger partial charge in [0.2, 0.25) is 0 Å². The van der Waals surface area contributed by atoms with E-state index in [0.29, 0.717) is 0 Å². The lowest BCUT2D eigenvalue weighted by molar-refractivity contribution is 0.626. The molecule has 0 saturated heterocycles. The van der Waals surface area contributed by atoms with E-state index in [0.717, 1.165) is 18.0 Å². The maximum absolute atomic E-state index is 6.62. The van der Waals surface area contributed by atoms with Crippen molar-refractivity contribution in [3.8, 4) is 0 Å². The highest BCUT2D eigenvalue weighted by Crippen LogP contribution is 2.48. The maximum Gasteiger partial charge on any atom is 0.0506 e. The average Bonchev–Trinajstić information content (AvgIpc) is 3.00. The Labute approximate surface area is 237 Å². The van der Waals surface area contributed by atoms with Gasteiger partial charge in [-0.1, -0.05) is 147 Å². The van der Waals surface area contributed by atoms with Crippen LogP contribution in [-0.2, 0) is 5.41 Å². The van der Waals surface area contributed by atoms with E-state index in [2.05, 4.69) is 144 Å². The molecule has 1 heterocycles. The van der Waals surface area contributed by atoms with E-state index < -0.39 is 5.41 Å². The van der Waals surface area contributed by atoms with E-state index in [1.807, 2.05) is 19.9 Å². The van der Waals surface area contributed by atoms with Crippen LogP contribution >= 0.6 is 11.6 Å². The predicted octanol–water partition coefficient (Wildman–Crippen LogP) is 10.5. The largest absolute Gasteiger partial charge is 0.337 e. The number of nitrogens with zero attached hydrogens (tertiary/aromatic N) is 1. The van der Waals surface area contributed by atoms with Gasteiger partial charge in [-0.05, 0) is 52.8 Å². The Morgan fingerprint density at radius 1 is 0.615 bits per heavy atom. The van der Waals surface area contributed by atoms with Crippen LogP contribution in [0.2, 0.25) is 5.02 Å². The van der Waals surface area contributed by atoms with Crippen LogP contribution in [0.1, 0.15) is 37.0 Å². The topological polar surface area (TPSA) is 3.24 Å². The first-order valence-electron chi connectivity index (χ1n) is 13.8. The van der Waals surface area contributed by atoms with Crippen molar-refractivity contribution in [1.29, 1.82) is 0 Å². The first kappa shape index (κ1) is 26.5. The van der Waals surface area contributed by atoms with Crippen molar-refractivity contribution in [3.63, 3.8) is 0 Å². The molecule has 0 aliphatic carbocycles. The van der Waals surface area contributed by atoms with Crippen LogP contribution in [0.5, 0.6) is 0 Å². The van der Waals surface area contributed by atoms with Crippen molar-refractivity contribution in [3.05, 3.63) is 167 Å². The number of rotatable bonds is 3. The molecule has 5 aromatic carbocycles. The molecular formula is C37H34ClN. The van der Waals surface area contributed by atoms with Crippen LogP contribution in [0.4, 0.5) is 11.4 Å². The van der Waals surface area contributed by atoms with Gasteiger partial charge in [0.1, 0.15) is 0 Å². The Balaban J connectivity index is 0.00000151. The van der Waals surface area contributed by atoms with Crippen LogP contribution in [0.3, 0.4) is 0 Å². The molecule has 0 N–H and O–H groups in total. The van der Waals surface area contributed by atoms with Gasteiger partial charge < -0.3 is 4.90 Å². The lowest BCUT2D eigenvalue weighted by Crippen LogP contribution is -2.32. The summed E-state index contributed by atoms with van der Waals surface area (Å²) in [6.45, 7) is 4.76. The molecule has 5 aromatic rings.